The molecule has 104 valence electrons. The van der Waals surface area contributed by atoms with Gasteiger partial charge in [-0.05, 0) is 44.9 Å². The summed E-state index contributed by atoms with van der Waals surface area (Å²) in [5.74, 6) is -0.326. The van der Waals surface area contributed by atoms with Gasteiger partial charge in [0.2, 0.25) is 0 Å². The average molecular weight is 262 g/mol. The van der Waals surface area contributed by atoms with E-state index in [2.05, 4.69) is 12.2 Å². The van der Waals surface area contributed by atoms with Gasteiger partial charge in [-0.15, -0.1) is 0 Å². The predicted octanol–water partition coefficient (Wildman–Crippen LogP) is 3.19. The third kappa shape index (κ3) is 3.19. The third-order valence-electron chi connectivity index (χ3n) is 3.71. The quantitative estimate of drug-likeness (QED) is 0.646. The Morgan fingerprint density at radius 1 is 1.42 bits per heavy atom. The Morgan fingerprint density at radius 3 is 2.68 bits per heavy atom. The second-order valence-electron chi connectivity index (χ2n) is 5.42. The van der Waals surface area contributed by atoms with Crippen LogP contribution in [0.15, 0.2) is 18.2 Å². The number of nitrogens with two attached hydrogens (primary N) is 1. The van der Waals surface area contributed by atoms with Gasteiger partial charge in [-0.3, -0.25) is 0 Å². The molecular weight excluding hydrogens is 240 g/mol. The number of benzene rings is 1. The predicted molar refractivity (Wildman–Crippen MR) is 77.3 cm³/mol. The number of carbonyl (C=O) groups is 1. The van der Waals surface area contributed by atoms with Crippen LogP contribution in [0.4, 0.5) is 11.4 Å². The molecule has 0 saturated heterocycles. The molecule has 1 fully saturated rings. The molecule has 19 heavy (non-hydrogen) atoms. The lowest BCUT2D eigenvalue weighted by Gasteiger charge is -2.27. The molecule has 3 N–H and O–H groups in total. The molecule has 0 aromatic heterocycles. The number of rotatable bonds is 4. The van der Waals surface area contributed by atoms with Crippen LogP contribution < -0.4 is 11.1 Å². The van der Waals surface area contributed by atoms with Crippen molar-refractivity contribution >= 4 is 17.3 Å². The van der Waals surface area contributed by atoms with E-state index in [9.17, 15) is 4.79 Å². The highest BCUT2D eigenvalue weighted by atomic mass is 16.5. The van der Waals surface area contributed by atoms with Crippen LogP contribution in [0, 0.1) is 0 Å². The number of hydrogen-bond acceptors (Lipinski definition) is 4. The van der Waals surface area contributed by atoms with Gasteiger partial charge in [-0.25, -0.2) is 4.79 Å². The number of carbonyl (C=O) groups excluding carboxylic acids is 1. The highest BCUT2D eigenvalue weighted by molar-refractivity contribution is 5.92. The van der Waals surface area contributed by atoms with Gasteiger partial charge >= 0.3 is 5.97 Å². The normalized spacial score (nSPS) is 17.2. The van der Waals surface area contributed by atoms with E-state index in [0.717, 1.165) is 18.5 Å². The lowest BCUT2D eigenvalue weighted by molar-refractivity contribution is 0.0526. The van der Waals surface area contributed by atoms with Crippen LogP contribution in [0.5, 0.6) is 0 Å². The zero-order chi connectivity index (χ0) is 13.9. The number of esters is 1. The van der Waals surface area contributed by atoms with Crippen LogP contribution in [0.25, 0.3) is 0 Å². The van der Waals surface area contributed by atoms with Crippen LogP contribution in [0.3, 0.4) is 0 Å². The van der Waals surface area contributed by atoms with Crippen molar-refractivity contribution in [3.63, 3.8) is 0 Å². The molecule has 1 aliphatic rings. The van der Waals surface area contributed by atoms with Gasteiger partial charge in [-0.2, -0.15) is 0 Å². The van der Waals surface area contributed by atoms with Gasteiger partial charge in [0.15, 0.2) is 0 Å². The Kier molecular flexibility index (Phi) is 3.98. The minimum atomic E-state index is -0.326. The first-order chi connectivity index (χ1) is 9.04. The van der Waals surface area contributed by atoms with Gasteiger partial charge in [-0.1, -0.05) is 12.8 Å². The zero-order valence-corrected chi connectivity index (χ0v) is 11.7. The van der Waals surface area contributed by atoms with E-state index in [-0.39, 0.29) is 11.5 Å². The molecule has 1 aromatic carbocycles. The van der Waals surface area contributed by atoms with Crippen molar-refractivity contribution < 1.29 is 9.53 Å². The molecule has 0 spiro atoms. The monoisotopic (exact) mass is 262 g/mol. The zero-order valence-electron chi connectivity index (χ0n) is 11.7. The van der Waals surface area contributed by atoms with Crippen molar-refractivity contribution in [3.05, 3.63) is 23.8 Å². The maximum absolute atomic E-state index is 11.6. The summed E-state index contributed by atoms with van der Waals surface area (Å²) < 4.78 is 4.96. The van der Waals surface area contributed by atoms with E-state index < -0.39 is 0 Å². The molecule has 0 atom stereocenters. The molecule has 1 saturated carbocycles. The van der Waals surface area contributed by atoms with Crippen LogP contribution in [-0.4, -0.2) is 18.1 Å². The summed E-state index contributed by atoms with van der Waals surface area (Å²) in [6.07, 6.45) is 4.83. The largest absolute Gasteiger partial charge is 0.462 e. The minimum Gasteiger partial charge on any atom is -0.462 e. The summed E-state index contributed by atoms with van der Waals surface area (Å²) >= 11 is 0. The fraction of sp³-hybridized carbons (Fsp3) is 0.533. The first kappa shape index (κ1) is 13.7. The summed E-state index contributed by atoms with van der Waals surface area (Å²) in [5.41, 5.74) is 8.14. The van der Waals surface area contributed by atoms with Gasteiger partial charge in [0.25, 0.3) is 0 Å². The van der Waals surface area contributed by atoms with Crippen LogP contribution >= 0.6 is 0 Å². The molecule has 0 bridgehead atoms. The summed E-state index contributed by atoms with van der Waals surface area (Å²) in [5, 5.41) is 3.51. The maximum Gasteiger partial charge on any atom is 0.338 e. The summed E-state index contributed by atoms with van der Waals surface area (Å²) in [6.45, 7) is 4.38. The van der Waals surface area contributed by atoms with Crippen LogP contribution in [0.2, 0.25) is 0 Å². The SMILES string of the molecule is CCOC(=O)c1ccc(NC2(C)CCCC2)c(N)c1. The van der Waals surface area contributed by atoms with Gasteiger partial charge in [0, 0.05) is 5.54 Å². The van der Waals surface area contributed by atoms with E-state index in [1.54, 1.807) is 19.1 Å². The van der Waals surface area contributed by atoms with E-state index in [1.807, 2.05) is 6.07 Å². The molecule has 0 heterocycles. The van der Waals surface area contributed by atoms with Crippen molar-refractivity contribution in [1.82, 2.24) is 0 Å². The minimum absolute atomic E-state index is 0.125. The molecule has 1 aliphatic carbocycles. The average Bonchev–Trinajstić information content (AvgIpc) is 2.79. The highest BCUT2D eigenvalue weighted by Gasteiger charge is 2.28. The first-order valence-corrected chi connectivity index (χ1v) is 6.89. The number of nitrogens with one attached hydrogen (secondary N) is 1. The lowest BCUT2D eigenvalue weighted by Crippen LogP contribution is -2.31. The van der Waals surface area contributed by atoms with Gasteiger partial charge in [0.05, 0.1) is 23.5 Å². The maximum atomic E-state index is 11.6. The molecule has 0 amide bonds. The number of ether oxygens (including phenoxy) is 1. The lowest BCUT2D eigenvalue weighted by atomic mass is 9.99. The summed E-state index contributed by atoms with van der Waals surface area (Å²) in [7, 11) is 0. The Morgan fingerprint density at radius 2 is 2.11 bits per heavy atom. The Balaban J connectivity index is 2.13. The molecule has 0 radical (unpaired) electrons. The highest BCUT2D eigenvalue weighted by Crippen LogP contribution is 2.34. The Labute approximate surface area is 114 Å². The van der Waals surface area contributed by atoms with Crippen molar-refractivity contribution in [2.45, 2.75) is 45.1 Å². The molecule has 1 aromatic rings. The molecular formula is C15H22N2O2. The topological polar surface area (TPSA) is 64.3 Å². The van der Waals surface area contributed by atoms with Crippen molar-refractivity contribution in [2.24, 2.45) is 0 Å². The van der Waals surface area contributed by atoms with E-state index in [0.29, 0.717) is 17.9 Å². The molecule has 0 aliphatic heterocycles. The molecule has 4 heteroatoms. The van der Waals surface area contributed by atoms with Crippen molar-refractivity contribution in [2.75, 3.05) is 17.7 Å². The summed E-state index contributed by atoms with van der Waals surface area (Å²) in [6, 6.07) is 5.30. The molecule has 2 rings (SSSR count). The smallest absolute Gasteiger partial charge is 0.338 e. The van der Waals surface area contributed by atoms with E-state index >= 15 is 0 Å². The van der Waals surface area contributed by atoms with Crippen molar-refractivity contribution in [1.29, 1.82) is 0 Å². The first-order valence-electron chi connectivity index (χ1n) is 6.89. The van der Waals surface area contributed by atoms with Crippen LogP contribution in [0.1, 0.15) is 49.9 Å². The van der Waals surface area contributed by atoms with Gasteiger partial charge < -0.3 is 15.8 Å². The fourth-order valence-corrected chi connectivity index (χ4v) is 2.62. The van der Waals surface area contributed by atoms with Gasteiger partial charge in [0.1, 0.15) is 0 Å². The second kappa shape index (κ2) is 5.51. The fourth-order valence-electron chi connectivity index (χ4n) is 2.62. The van der Waals surface area contributed by atoms with E-state index in [4.69, 9.17) is 10.5 Å². The van der Waals surface area contributed by atoms with Crippen molar-refractivity contribution in [3.8, 4) is 0 Å². The van der Waals surface area contributed by atoms with E-state index in [1.165, 1.54) is 12.8 Å². The Hall–Kier alpha value is -1.71. The Bertz CT molecular complexity index is 465. The number of hydrogen-bond donors (Lipinski definition) is 2. The number of anilines is 2. The third-order valence-corrected chi connectivity index (χ3v) is 3.71. The molecule has 4 nitrogen and oxygen atoms in total. The summed E-state index contributed by atoms with van der Waals surface area (Å²) in [4.78, 5) is 11.6. The number of nitrogen functional groups attached to an aromatic ring is 1. The second-order valence-corrected chi connectivity index (χ2v) is 5.42. The standard InChI is InChI=1S/C15H22N2O2/c1-3-19-14(18)11-6-7-13(12(16)10-11)17-15(2)8-4-5-9-15/h6-7,10,17H,3-5,8-9,16H2,1-2H3. The molecule has 0 unspecified atom stereocenters. The van der Waals surface area contributed by atoms with Crippen LogP contribution in [-0.2, 0) is 4.74 Å².